The zero-order valence-corrected chi connectivity index (χ0v) is 17.6. The molecule has 0 radical (unpaired) electrons. The molecule has 0 fully saturated rings. The molecule has 12 heteroatoms. The minimum absolute atomic E-state index is 0.174. The number of nitrogens with zero attached hydrogens (tertiary/aromatic N) is 2. The second-order valence-electron chi connectivity index (χ2n) is 7.29. The monoisotopic (exact) mass is 487 g/mol. The molecule has 0 bridgehead atoms. The van der Waals surface area contributed by atoms with Crippen LogP contribution in [0.5, 0.6) is 11.5 Å². The van der Waals surface area contributed by atoms with Crippen molar-refractivity contribution in [2.24, 2.45) is 0 Å². The molecule has 1 unspecified atom stereocenters. The third-order valence-corrected chi connectivity index (χ3v) is 4.97. The van der Waals surface area contributed by atoms with Crippen LogP contribution in [0.4, 0.5) is 13.2 Å². The number of hydrogen-bond acceptors (Lipinski definition) is 6. The number of pyridine rings is 1. The number of halogens is 3. The van der Waals surface area contributed by atoms with E-state index in [1.807, 2.05) is 42.5 Å². The summed E-state index contributed by atoms with van der Waals surface area (Å²) in [5.74, 6) is -2.49. The number of para-hydroxylation sites is 2. The van der Waals surface area contributed by atoms with Gasteiger partial charge in [-0.05, 0) is 35.9 Å². The molecule has 2 aromatic heterocycles. The number of ether oxygens (including phenoxy) is 2. The van der Waals surface area contributed by atoms with E-state index in [9.17, 15) is 23.1 Å². The fraction of sp³-hybridized carbons (Fsp3) is 0.130. The van der Waals surface area contributed by atoms with Crippen LogP contribution in [0.25, 0.3) is 22.0 Å². The summed E-state index contributed by atoms with van der Waals surface area (Å²) < 4.78 is 43.5. The number of aromatic carboxylic acids is 1. The van der Waals surface area contributed by atoms with Gasteiger partial charge in [-0.15, -0.1) is 0 Å². The zero-order chi connectivity index (χ0) is 25.2. The molecule has 180 valence electrons. The van der Waals surface area contributed by atoms with Crippen LogP contribution in [-0.2, 0) is 4.79 Å². The summed E-state index contributed by atoms with van der Waals surface area (Å²) in [5, 5.41) is 24.2. The van der Waals surface area contributed by atoms with Crippen LogP contribution < -0.4 is 9.47 Å². The number of carboxylic acid groups (broad SMARTS) is 2. The molecule has 3 N–H and O–H groups in total. The van der Waals surface area contributed by atoms with E-state index in [1.165, 1.54) is 0 Å². The number of rotatable bonds is 3. The average molecular weight is 487 g/mol. The Morgan fingerprint density at radius 3 is 2.37 bits per heavy atom. The van der Waals surface area contributed by atoms with Gasteiger partial charge >= 0.3 is 18.1 Å². The standard InChI is InChI=1S/C21H15N3O4.C2HF3O2/c25-21(26)15-8-17(20-11-27-18-3-1-2-4-19(18)28-20)24-16-6-5-12(7-14(15)16)13-9-22-23-10-13;3-2(4,5)1(6)7/h1-10,20H,11H2,(H,22,23)(H,25,26);(H,6,7). The summed E-state index contributed by atoms with van der Waals surface area (Å²) in [4.78, 5) is 25.5. The Morgan fingerprint density at radius 2 is 1.74 bits per heavy atom. The Morgan fingerprint density at radius 1 is 1.03 bits per heavy atom. The molecule has 5 rings (SSSR count). The first kappa shape index (κ1) is 23.5. The molecule has 4 aromatic rings. The van der Waals surface area contributed by atoms with Crippen LogP contribution in [0, 0.1) is 0 Å². The van der Waals surface area contributed by atoms with Crippen LogP contribution in [-0.4, -0.2) is 50.1 Å². The smallest absolute Gasteiger partial charge is 0.485 e. The summed E-state index contributed by atoms with van der Waals surface area (Å²) in [6.45, 7) is 0.266. The van der Waals surface area contributed by atoms with E-state index < -0.39 is 24.2 Å². The van der Waals surface area contributed by atoms with Gasteiger partial charge in [0.15, 0.2) is 17.6 Å². The molecule has 3 heterocycles. The van der Waals surface area contributed by atoms with E-state index in [4.69, 9.17) is 19.4 Å². The lowest BCUT2D eigenvalue weighted by Crippen LogP contribution is -2.23. The minimum atomic E-state index is -5.08. The largest absolute Gasteiger partial charge is 0.490 e. The van der Waals surface area contributed by atoms with Gasteiger partial charge < -0.3 is 19.7 Å². The van der Waals surface area contributed by atoms with Gasteiger partial charge in [0, 0.05) is 17.1 Å². The fourth-order valence-corrected chi connectivity index (χ4v) is 3.34. The van der Waals surface area contributed by atoms with Crippen molar-refractivity contribution in [3.63, 3.8) is 0 Å². The van der Waals surface area contributed by atoms with E-state index in [2.05, 4.69) is 15.2 Å². The highest BCUT2D eigenvalue weighted by atomic mass is 19.4. The van der Waals surface area contributed by atoms with Crippen molar-refractivity contribution in [2.45, 2.75) is 12.3 Å². The van der Waals surface area contributed by atoms with E-state index >= 15 is 0 Å². The maximum absolute atomic E-state index is 11.9. The number of aromatic nitrogens is 3. The molecule has 0 aliphatic carbocycles. The number of aliphatic carboxylic acids is 1. The van der Waals surface area contributed by atoms with Gasteiger partial charge in [0.2, 0.25) is 0 Å². The lowest BCUT2D eigenvalue weighted by molar-refractivity contribution is -0.192. The van der Waals surface area contributed by atoms with Gasteiger partial charge in [0.1, 0.15) is 6.61 Å². The number of alkyl halides is 3. The topological polar surface area (TPSA) is 135 Å². The summed E-state index contributed by atoms with van der Waals surface area (Å²) in [6.07, 6.45) is -2.12. The third kappa shape index (κ3) is 5.16. The molecule has 35 heavy (non-hydrogen) atoms. The van der Waals surface area contributed by atoms with Crippen LogP contribution in [0.2, 0.25) is 0 Å². The summed E-state index contributed by atoms with van der Waals surface area (Å²) in [5.41, 5.74) is 3.03. The van der Waals surface area contributed by atoms with Crippen molar-refractivity contribution in [1.82, 2.24) is 15.2 Å². The van der Waals surface area contributed by atoms with Crippen LogP contribution in [0.15, 0.2) is 60.9 Å². The molecule has 9 nitrogen and oxygen atoms in total. The molecule has 1 aliphatic rings. The predicted octanol–water partition coefficient (Wildman–Crippen LogP) is 4.47. The molecule has 1 atom stereocenters. The molecule has 0 saturated heterocycles. The van der Waals surface area contributed by atoms with Crippen molar-refractivity contribution < 1.29 is 42.4 Å². The Labute approximate surface area is 194 Å². The maximum atomic E-state index is 11.9. The van der Waals surface area contributed by atoms with Gasteiger partial charge in [-0.3, -0.25) is 5.10 Å². The zero-order valence-electron chi connectivity index (χ0n) is 17.6. The van der Waals surface area contributed by atoms with Crippen LogP contribution >= 0.6 is 0 Å². The lowest BCUT2D eigenvalue weighted by atomic mass is 10.0. The maximum Gasteiger partial charge on any atom is 0.490 e. The highest BCUT2D eigenvalue weighted by Crippen LogP contribution is 2.36. The van der Waals surface area contributed by atoms with Crippen LogP contribution in [0.3, 0.4) is 0 Å². The molecule has 0 saturated carbocycles. The molecular weight excluding hydrogens is 471 g/mol. The van der Waals surface area contributed by atoms with E-state index in [-0.39, 0.29) is 12.2 Å². The van der Waals surface area contributed by atoms with Crippen molar-refractivity contribution >= 4 is 22.8 Å². The number of aromatic amines is 1. The van der Waals surface area contributed by atoms with Gasteiger partial charge in [0.05, 0.1) is 23.0 Å². The Bertz CT molecular complexity index is 1390. The van der Waals surface area contributed by atoms with Crippen LogP contribution in [0.1, 0.15) is 22.2 Å². The average Bonchev–Trinajstić information content (AvgIpc) is 3.37. The molecule has 2 aromatic carbocycles. The predicted molar refractivity (Wildman–Crippen MR) is 115 cm³/mol. The molecule has 0 amide bonds. The minimum Gasteiger partial charge on any atom is -0.485 e. The molecular formula is C23H16F3N3O6. The number of fused-ring (bicyclic) bond motifs is 2. The summed E-state index contributed by atoms with van der Waals surface area (Å²) in [7, 11) is 0. The number of H-pyrrole nitrogens is 1. The number of benzene rings is 2. The first-order valence-corrected chi connectivity index (χ1v) is 9.99. The third-order valence-electron chi connectivity index (χ3n) is 4.97. The SMILES string of the molecule is O=C(O)C(F)(F)F.O=C(O)c1cc(C2COc3ccccc3O2)nc2ccc(-c3cn[nH]c3)cc12. The van der Waals surface area contributed by atoms with E-state index in [0.717, 1.165) is 11.1 Å². The second kappa shape index (κ2) is 9.33. The number of hydrogen-bond donors (Lipinski definition) is 3. The van der Waals surface area contributed by atoms with E-state index in [0.29, 0.717) is 28.1 Å². The fourth-order valence-electron chi connectivity index (χ4n) is 3.34. The Balaban J connectivity index is 0.000000364. The summed E-state index contributed by atoms with van der Waals surface area (Å²) in [6, 6.07) is 14.5. The highest BCUT2D eigenvalue weighted by Gasteiger charge is 2.38. The normalized spacial score (nSPS) is 14.7. The van der Waals surface area contributed by atoms with Gasteiger partial charge in [-0.2, -0.15) is 18.3 Å². The summed E-state index contributed by atoms with van der Waals surface area (Å²) >= 11 is 0. The van der Waals surface area contributed by atoms with Crippen molar-refractivity contribution in [1.29, 1.82) is 0 Å². The molecule has 0 spiro atoms. The van der Waals surface area contributed by atoms with Gasteiger partial charge in [-0.1, -0.05) is 18.2 Å². The highest BCUT2D eigenvalue weighted by molar-refractivity contribution is 6.03. The van der Waals surface area contributed by atoms with Crippen molar-refractivity contribution in [3.05, 3.63) is 72.2 Å². The molecule has 1 aliphatic heterocycles. The van der Waals surface area contributed by atoms with E-state index in [1.54, 1.807) is 18.5 Å². The first-order chi connectivity index (χ1) is 16.6. The van der Waals surface area contributed by atoms with Gasteiger partial charge in [0.25, 0.3) is 0 Å². The quantitative estimate of drug-likeness (QED) is 0.385. The van der Waals surface area contributed by atoms with Gasteiger partial charge in [-0.25, -0.2) is 14.6 Å². The number of carbonyl (C=O) groups is 2. The lowest BCUT2D eigenvalue weighted by Gasteiger charge is -2.26. The number of carboxylic acids is 2. The Kier molecular flexibility index (Phi) is 6.28. The number of nitrogens with one attached hydrogen (secondary N) is 1. The Hall–Kier alpha value is -4.61. The van der Waals surface area contributed by atoms with Crippen molar-refractivity contribution in [2.75, 3.05) is 6.61 Å². The second-order valence-corrected chi connectivity index (χ2v) is 7.29. The van der Waals surface area contributed by atoms with Crippen molar-refractivity contribution in [3.8, 4) is 22.6 Å². The first-order valence-electron chi connectivity index (χ1n) is 9.99.